The molecule has 1 aromatic rings. The molecule has 1 amide bonds. The first-order valence-electron chi connectivity index (χ1n) is 8.32. The van der Waals surface area contributed by atoms with E-state index in [1.807, 2.05) is 17.4 Å². The van der Waals surface area contributed by atoms with E-state index in [0.717, 1.165) is 38.9 Å². The molecule has 0 N–H and O–H groups in total. The van der Waals surface area contributed by atoms with Crippen molar-refractivity contribution < 1.29 is 4.79 Å². The van der Waals surface area contributed by atoms with E-state index in [1.165, 1.54) is 16.2 Å². The van der Waals surface area contributed by atoms with Gasteiger partial charge >= 0.3 is 0 Å². The molecule has 0 bridgehead atoms. The molecule has 0 saturated carbocycles. The van der Waals surface area contributed by atoms with Crippen LogP contribution in [0.4, 0.5) is 0 Å². The molecule has 0 aromatic carbocycles. The summed E-state index contributed by atoms with van der Waals surface area (Å²) in [7, 11) is 0. The number of amides is 1. The van der Waals surface area contributed by atoms with E-state index < -0.39 is 0 Å². The summed E-state index contributed by atoms with van der Waals surface area (Å²) in [5.74, 6) is 0.319. The molecule has 0 radical (unpaired) electrons. The molecule has 2 aliphatic rings. The van der Waals surface area contributed by atoms with E-state index >= 15 is 0 Å². The van der Waals surface area contributed by atoms with Gasteiger partial charge in [-0.1, -0.05) is 6.08 Å². The molecular weight excluding hydrogens is 292 g/mol. The first-order chi connectivity index (χ1) is 10.6. The van der Waals surface area contributed by atoms with Crippen LogP contribution in [0.1, 0.15) is 41.9 Å². The number of rotatable bonds is 4. The van der Waals surface area contributed by atoms with Gasteiger partial charge in [0.25, 0.3) is 0 Å². The van der Waals surface area contributed by atoms with Crippen molar-refractivity contribution in [3.8, 4) is 0 Å². The van der Waals surface area contributed by atoms with Crippen molar-refractivity contribution in [2.24, 2.45) is 0 Å². The molecule has 3 rings (SSSR count). The Morgan fingerprint density at radius 2 is 2.18 bits per heavy atom. The van der Waals surface area contributed by atoms with Crippen molar-refractivity contribution in [1.29, 1.82) is 0 Å². The minimum absolute atomic E-state index is 0.0497. The summed E-state index contributed by atoms with van der Waals surface area (Å²) in [6.07, 6.45) is 7.11. The highest BCUT2D eigenvalue weighted by Crippen LogP contribution is 2.37. The zero-order valence-corrected chi connectivity index (χ0v) is 14.3. The number of likely N-dealkylation sites (tertiary alicyclic amines) is 2. The third-order valence-corrected chi connectivity index (χ3v) is 6.01. The molecule has 1 spiro atoms. The number of carbonyl (C=O) groups is 1. The molecule has 3 heterocycles. The summed E-state index contributed by atoms with van der Waals surface area (Å²) in [6, 6.07) is 4.45. The normalized spacial score (nSPS) is 26.6. The summed E-state index contributed by atoms with van der Waals surface area (Å²) in [6.45, 7) is 9.90. The van der Waals surface area contributed by atoms with Crippen LogP contribution >= 0.6 is 11.3 Å². The van der Waals surface area contributed by atoms with Gasteiger partial charge in [-0.2, -0.15) is 0 Å². The summed E-state index contributed by atoms with van der Waals surface area (Å²) in [5.41, 5.74) is 0.0497. The molecular formula is C18H26N2OS. The predicted octanol–water partition coefficient (Wildman–Crippen LogP) is 3.59. The third kappa shape index (κ3) is 3.13. The maximum Gasteiger partial charge on any atom is 0.223 e. The standard InChI is InChI=1S/C18H26N2OS/c1-3-11-20-17(21)6-4-9-18(20)10-5-12-19(14-18)13-16-8-7-15(2)22-16/h3,7-8H,1,4-6,9-14H2,2H3/t18-/m1/s1. The van der Waals surface area contributed by atoms with E-state index in [2.05, 4.69) is 35.4 Å². The molecule has 120 valence electrons. The number of hydrogen-bond donors (Lipinski definition) is 0. The van der Waals surface area contributed by atoms with Crippen LogP contribution < -0.4 is 0 Å². The Morgan fingerprint density at radius 3 is 2.91 bits per heavy atom. The molecule has 0 unspecified atom stereocenters. The summed E-state index contributed by atoms with van der Waals surface area (Å²) >= 11 is 1.89. The SMILES string of the molecule is C=CCN1C(=O)CCC[C@]12CCCN(Cc1ccc(C)s1)C2. The molecule has 1 aromatic heterocycles. The Balaban J connectivity index is 1.74. The average molecular weight is 318 g/mol. The van der Waals surface area contributed by atoms with Crippen LogP contribution in [0.15, 0.2) is 24.8 Å². The van der Waals surface area contributed by atoms with E-state index in [4.69, 9.17) is 0 Å². The fourth-order valence-corrected chi connectivity index (χ4v) is 5.02. The van der Waals surface area contributed by atoms with Gasteiger partial charge in [-0.3, -0.25) is 9.69 Å². The van der Waals surface area contributed by atoms with E-state index in [0.29, 0.717) is 18.9 Å². The number of piperidine rings is 2. The van der Waals surface area contributed by atoms with Crippen molar-refractivity contribution in [2.45, 2.75) is 51.1 Å². The van der Waals surface area contributed by atoms with E-state index in [9.17, 15) is 4.79 Å². The monoisotopic (exact) mass is 318 g/mol. The quantitative estimate of drug-likeness (QED) is 0.792. The van der Waals surface area contributed by atoms with Crippen molar-refractivity contribution in [1.82, 2.24) is 9.80 Å². The van der Waals surface area contributed by atoms with Gasteiger partial charge < -0.3 is 4.90 Å². The summed E-state index contributed by atoms with van der Waals surface area (Å²) < 4.78 is 0. The predicted molar refractivity (Wildman–Crippen MR) is 92.1 cm³/mol. The second-order valence-electron chi connectivity index (χ2n) is 6.70. The Labute approximate surface area is 137 Å². The number of aryl methyl sites for hydroxylation is 1. The second kappa shape index (κ2) is 6.55. The Hall–Kier alpha value is -1.13. The van der Waals surface area contributed by atoms with Gasteiger partial charge in [0.2, 0.25) is 5.91 Å². The summed E-state index contributed by atoms with van der Waals surface area (Å²) in [5, 5.41) is 0. The first kappa shape index (κ1) is 15.8. The van der Waals surface area contributed by atoms with Gasteiger partial charge in [0, 0.05) is 35.8 Å². The minimum atomic E-state index is 0.0497. The molecule has 22 heavy (non-hydrogen) atoms. The topological polar surface area (TPSA) is 23.6 Å². The minimum Gasteiger partial charge on any atom is -0.332 e. The van der Waals surface area contributed by atoms with Gasteiger partial charge in [-0.25, -0.2) is 0 Å². The molecule has 1 atom stereocenters. The van der Waals surface area contributed by atoms with Crippen LogP contribution in [-0.4, -0.2) is 40.9 Å². The maximum atomic E-state index is 12.4. The Kier molecular flexibility index (Phi) is 4.69. The number of nitrogens with zero attached hydrogens (tertiary/aromatic N) is 2. The van der Waals surface area contributed by atoms with Gasteiger partial charge in [-0.15, -0.1) is 17.9 Å². The molecule has 4 heteroatoms. The first-order valence-corrected chi connectivity index (χ1v) is 9.14. The zero-order valence-electron chi connectivity index (χ0n) is 13.5. The van der Waals surface area contributed by atoms with Crippen molar-refractivity contribution in [2.75, 3.05) is 19.6 Å². The van der Waals surface area contributed by atoms with Crippen LogP contribution in [0.2, 0.25) is 0 Å². The van der Waals surface area contributed by atoms with Crippen molar-refractivity contribution >= 4 is 17.2 Å². The van der Waals surface area contributed by atoms with Crippen LogP contribution in [0.25, 0.3) is 0 Å². The van der Waals surface area contributed by atoms with Crippen LogP contribution in [0.3, 0.4) is 0 Å². The van der Waals surface area contributed by atoms with Gasteiger partial charge in [0.15, 0.2) is 0 Å². The average Bonchev–Trinajstić information content (AvgIpc) is 2.89. The second-order valence-corrected chi connectivity index (χ2v) is 8.07. The number of carbonyl (C=O) groups excluding carboxylic acids is 1. The third-order valence-electron chi connectivity index (χ3n) is 5.03. The van der Waals surface area contributed by atoms with Gasteiger partial charge in [0.1, 0.15) is 0 Å². The Morgan fingerprint density at radius 1 is 1.36 bits per heavy atom. The van der Waals surface area contributed by atoms with Gasteiger partial charge in [-0.05, 0) is 51.3 Å². The lowest BCUT2D eigenvalue weighted by molar-refractivity contribution is -0.144. The van der Waals surface area contributed by atoms with E-state index in [1.54, 1.807) is 0 Å². The molecule has 2 fully saturated rings. The lowest BCUT2D eigenvalue weighted by atomic mass is 9.79. The molecule has 2 aliphatic heterocycles. The fourth-order valence-electron chi connectivity index (χ4n) is 4.08. The molecule has 2 saturated heterocycles. The lowest BCUT2D eigenvalue weighted by Crippen LogP contribution is -2.62. The highest BCUT2D eigenvalue weighted by Gasteiger charge is 2.44. The highest BCUT2D eigenvalue weighted by molar-refractivity contribution is 7.11. The van der Waals surface area contributed by atoms with Crippen molar-refractivity contribution in [3.63, 3.8) is 0 Å². The van der Waals surface area contributed by atoms with Crippen LogP contribution in [0, 0.1) is 6.92 Å². The van der Waals surface area contributed by atoms with Crippen molar-refractivity contribution in [3.05, 3.63) is 34.5 Å². The smallest absolute Gasteiger partial charge is 0.223 e. The fraction of sp³-hybridized carbons (Fsp3) is 0.611. The lowest BCUT2D eigenvalue weighted by Gasteiger charge is -2.52. The highest BCUT2D eigenvalue weighted by atomic mass is 32.1. The number of thiophene rings is 1. The zero-order chi connectivity index (χ0) is 15.6. The number of hydrogen-bond acceptors (Lipinski definition) is 3. The van der Waals surface area contributed by atoms with Crippen LogP contribution in [0.5, 0.6) is 0 Å². The van der Waals surface area contributed by atoms with Gasteiger partial charge in [0.05, 0.1) is 5.54 Å². The van der Waals surface area contributed by atoms with E-state index in [-0.39, 0.29) is 5.54 Å². The van der Waals surface area contributed by atoms with Crippen LogP contribution in [-0.2, 0) is 11.3 Å². The molecule has 3 nitrogen and oxygen atoms in total. The summed E-state index contributed by atoms with van der Waals surface area (Å²) in [4.78, 5) is 19.9. The maximum absolute atomic E-state index is 12.4. The Bertz CT molecular complexity index is 549. The molecule has 0 aliphatic carbocycles. The largest absolute Gasteiger partial charge is 0.332 e.